The molecule has 0 heterocycles. The van der Waals surface area contributed by atoms with Crippen LogP contribution >= 0.6 is 15.9 Å². The van der Waals surface area contributed by atoms with Crippen LogP contribution in [0.2, 0.25) is 0 Å². The summed E-state index contributed by atoms with van der Waals surface area (Å²) in [5, 5.41) is 0. The van der Waals surface area contributed by atoms with Crippen LogP contribution < -0.4 is 5.73 Å². The second-order valence-corrected chi connectivity index (χ2v) is 4.23. The van der Waals surface area contributed by atoms with Gasteiger partial charge in [-0.25, -0.2) is 0 Å². The Labute approximate surface area is 94.6 Å². The standard InChI is InChI=1S/C10H11BrF3N/c11-8-3-1-2-7(6-8)9(15)4-5-10(12,13)14/h1-3,6,9H,4-5,15H2. The first-order valence-electron chi connectivity index (χ1n) is 4.46. The Balaban J connectivity index is 2.58. The van der Waals surface area contributed by atoms with E-state index in [2.05, 4.69) is 15.9 Å². The summed E-state index contributed by atoms with van der Waals surface area (Å²) in [5.74, 6) is 0. The topological polar surface area (TPSA) is 26.0 Å². The molecule has 0 amide bonds. The van der Waals surface area contributed by atoms with Crippen molar-refractivity contribution >= 4 is 15.9 Å². The van der Waals surface area contributed by atoms with E-state index in [0.29, 0.717) is 5.56 Å². The quantitative estimate of drug-likeness (QED) is 0.896. The van der Waals surface area contributed by atoms with Crippen LogP contribution in [-0.2, 0) is 0 Å². The smallest absolute Gasteiger partial charge is 0.324 e. The van der Waals surface area contributed by atoms with Gasteiger partial charge in [0.05, 0.1) is 0 Å². The molecule has 1 unspecified atom stereocenters. The zero-order valence-electron chi connectivity index (χ0n) is 7.89. The summed E-state index contributed by atoms with van der Waals surface area (Å²) in [4.78, 5) is 0. The van der Waals surface area contributed by atoms with Gasteiger partial charge >= 0.3 is 6.18 Å². The van der Waals surface area contributed by atoms with Crippen molar-refractivity contribution in [2.75, 3.05) is 0 Å². The molecule has 1 atom stereocenters. The van der Waals surface area contributed by atoms with Gasteiger partial charge in [-0.3, -0.25) is 0 Å². The van der Waals surface area contributed by atoms with E-state index >= 15 is 0 Å². The van der Waals surface area contributed by atoms with E-state index in [9.17, 15) is 13.2 Å². The van der Waals surface area contributed by atoms with Gasteiger partial charge < -0.3 is 5.73 Å². The lowest BCUT2D eigenvalue weighted by atomic mass is 10.0. The van der Waals surface area contributed by atoms with Crippen LogP contribution in [0.3, 0.4) is 0 Å². The summed E-state index contributed by atoms with van der Waals surface area (Å²) < 4.78 is 36.7. The third-order valence-electron chi connectivity index (χ3n) is 2.02. The molecule has 0 bridgehead atoms. The molecule has 0 radical (unpaired) electrons. The van der Waals surface area contributed by atoms with Crippen LogP contribution in [0.4, 0.5) is 13.2 Å². The van der Waals surface area contributed by atoms with Gasteiger partial charge in [-0.05, 0) is 24.1 Å². The Bertz CT molecular complexity index is 325. The van der Waals surface area contributed by atoms with Crippen molar-refractivity contribution in [3.05, 3.63) is 34.3 Å². The first kappa shape index (κ1) is 12.5. The molecule has 0 aliphatic rings. The zero-order valence-corrected chi connectivity index (χ0v) is 9.48. The minimum Gasteiger partial charge on any atom is -0.324 e. The number of rotatable bonds is 3. The van der Waals surface area contributed by atoms with Crippen molar-refractivity contribution in [2.45, 2.75) is 25.1 Å². The maximum Gasteiger partial charge on any atom is 0.389 e. The number of alkyl halides is 3. The molecule has 1 aromatic carbocycles. The second-order valence-electron chi connectivity index (χ2n) is 3.32. The average molecular weight is 282 g/mol. The molecule has 0 fully saturated rings. The molecule has 0 saturated heterocycles. The number of halogens is 4. The molecule has 1 rings (SSSR count). The monoisotopic (exact) mass is 281 g/mol. The summed E-state index contributed by atoms with van der Waals surface area (Å²) in [5.41, 5.74) is 6.37. The average Bonchev–Trinajstić information content (AvgIpc) is 2.13. The van der Waals surface area contributed by atoms with Crippen LogP contribution in [0.25, 0.3) is 0 Å². The maximum absolute atomic E-state index is 11.9. The van der Waals surface area contributed by atoms with Crippen LogP contribution in [0.5, 0.6) is 0 Å². The normalized spacial score (nSPS) is 13.9. The Morgan fingerprint density at radius 3 is 2.53 bits per heavy atom. The van der Waals surface area contributed by atoms with E-state index in [1.807, 2.05) is 0 Å². The predicted octanol–water partition coefficient (Wildman–Crippen LogP) is 3.79. The van der Waals surface area contributed by atoms with E-state index in [4.69, 9.17) is 5.73 Å². The lowest BCUT2D eigenvalue weighted by Gasteiger charge is -2.13. The number of benzene rings is 1. The predicted molar refractivity (Wildman–Crippen MR) is 56.4 cm³/mol. The summed E-state index contributed by atoms with van der Waals surface area (Å²) in [6, 6.07) is 6.46. The van der Waals surface area contributed by atoms with Crippen molar-refractivity contribution < 1.29 is 13.2 Å². The molecular weight excluding hydrogens is 271 g/mol. The molecule has 84 valence electrons. The zero-order chi connectivity index (χ0) is 11.5. The van der Waals surface area contributed by atoms with Gasteiger partial charge in [0.2, 0.25) is 0 Å². The second kappa shape index (κ2) is 4.99. The molecule has 0 aliphatic carbocycles. The molecule has 5 heteroatoms. The summed E-state index contributed by atoms with van der Waals surface area (Å²) in [6.07, 6.45) is -5.07. The molecule has 0 aromatic heterocycles. The molecular formula is C10H11BrF3N. The van der Waals surface area contributed by atoms with Gasteiger partial charge in [-0.2, -0.15) is 13.2 Å². The Kier molecular flexibility index (Phi) is 4.16. The molecule has 0 saturated carbocycles. The van der Waals surface area contributed by atoms with E-state index in [1.54, 1.807) is 24.3 Å². The summed E-state index contributed by atoms with van der Waals surface area (Å²) in [6.45, 7) is 0. The Morgan fingerprint density at radius 2 is 2.00 bits per heavy atom. The fraction of sp³-hybridized carbons (Fsp3) is 0.400. The van der Waals surface area contributed by atoms with Gasteiger partial charge in [-0.1, -0.05) is 28.1 Å². The number of hydrogen-bond donors (Lipinski definition) is 1. The minimum atomic E-state index is -4.14. The highest BCUT2D eigenvalue weighted by Crippen LogP contribution is 2.27. The lowest BCUT2D eigenvalue weighted by Crippen LogP contribution is -2.15. The molecule has 1 aromatic rings. The van der Waals surface area contributed by atoms with Crippen LogP contribution in [-0.4, -0.2) is 6.18 Å². The fourth-order valence-corrected chi connectivity index (χ4v) is 1.64. The highest BCUT2D eigenvalue weighted by atomic mass is 79.9. The van der Waals surface area contributed by atoms with Crippen molar-refractivity contribution in [1.82, 2.24) is 0 Å². The maximum atomic E-state index is 11.9. The highest BCUT2D eigenvalue weighted by Gasteiger charge is 2.27. The van der Waals surface area contributed by atoms with Crippen molar-refractivity contribution in [1.29, 1.82) is 0 Å². The van der Waals surface area contributed by atoms with Crippen molar-refractivity contribution in [3.8, 4) is 0 Å². The van der Waals surface area contributed by atoms with Gasteiger partial charge in [0.1, 0.15) is 0 Å². The third kappa shape index (κ3) is 4.66. The van der Waals surface area contributed by atoms with Gasteiger partial charge in [-0.15, -0.1) is 0 Å². The van der Waals surface area contributed by atoms with Crippen LogP contribution in [0.15, 0.2) is 28.7 Å². The SMILES string of the molecule is NC(CCC(F)(F)F)c1cccc(Br)c1. The van der Waals surface area contributed by atoms with E-state index in [1.165, 1.54) is 0 Å². The fourth-order valence-electron chi connectivity index (χ4n) is 1.22. The van der Waals surface area contributed by atoms with E-state index < -0.39 is 18.6 Å². The van der Waals surface area contributed by atoms with Crippen LogP contribution in [0.1, 0.15) is 24.4 Å². The molecule has 0 aliphatic heterocycles. The molecule has 1 nitrogen and oxygen atoms in total. The molecule has 15 heavy (non-hydrogen) atoms. The van der Waals surface area contributed by atoms with E-state index in [-0.39, 0.29) is 6.42 Å². The van der Waals surface area contributed by atoms with Gasteiger partial charge in [0.25, 0.3) is 0 Å². The molecule has 0 spiro atoms. The first-order chi connectivity index (χ1) is 6.88. The summed E-state index contributed by atoms with van der Waals surface area (Å²) >= 11 is 3.24. The van der Waals surface area contributed by atoms with Gasteiger partial charge in [0.15, 0.2) is 0 Å². The Hall–Kier alpha value is -0.550. The molecule has 2 N–H and O–H groups in total. The third-order valence-corrected chi connectivity index (χ3v) is 2.51. The van der Waals surface area contributed by atoms with Crippen molar-refractivity contribution in [3.63, 3.8) is 0 Å². The summed E-state index contributed by atoms with van der Waals surface area (Å²) in [7, 11) is 0. The number of nitrogens with two attached hydrogens (primary N) is 1. The minimum absolute atomic E-state index is 0.0834. The van der Waals surface area contributed by atoms with Crippen molar-refractivity contribution in [2.24, 2.45) is 5.73 Å². The largest absolute Gasteiger partial charge is 0.389 e. The first-order valence-corrected chi connectivity index (χ1v) is 5.25. The van der Waals surface area contributed by atoms with Gasteiger partial charge in [0, 0.05) is 16.9 Å². The van der Waals surface area contributed by atoms with Crippen LogP contribution in [0, 0.1) is 0 Å². The highest BCUT2D eigenvalue weighted by molar-refractivity contribution is 9.10. The Morgan fingerprint density at radius 1 is 1.33 bits per heavy atom. The number of hydrogen-bond acceptors (Lipinski definition) is 1. The lowest BCUT2D eigenvalue weighted by molar-refractivity contribution is -0.136. The van der Waals surface area contributed by atoms with E-state index in [0.717, 1.165) is 4.47 Å².